The lowest BCUT2D eigenvalue weighted by Crippen LogP contribution is -2.08. The van der Waals surface area contributed by atoms with Crippen LogP contribution in [0.2, 0.25) is 0 Å². The molecule has 3 aromatic rings. The van der Waals surface area contributed by atoms with Crippen molar-refractivity contribution in [1.82, 2.24) is 14.5 Å². The van der Waals surface area contributed by atoms with Crippen LogP contribution in [0.25, 0.3) is 16.6 Å². The van der Waals surface area contributed by atoms with Gasteiger partial charge in [0.25, 0.3) is 0 Å². The highest BCUT2D eigenvalue weighted by atomic mass is 16.5. The Morgan fingerprint density at radius 3 is 2.57 bits per heavy atom. The van der Waals surface area contributed by atoms with Gasteiger partial charge in [-0.15, -0.1) is 0 Å². The van der Waals surface area contributed by atoms with Crippen molar-refractivity contribution in [3.8, 4) is 5.75 Å². The first-order chi connectivity index (χ1) is 16.9. The second kappa shape index (κ2) is 11.9. The number of fused-ring (bicyclic) bond motifs is 1. The maximum absolute atomic E-state index is 5.91. The summed E-state index contributed by atoms with van der Waals surface area (Å²) in [5, 5.41) is 0. The summed E-state index contributed by atoms with van der Waals surface area (Å²) in [6.45, 7) is 17.4. The lowest BCUT2D eigenvalue weighted by atomic mass is 10.0. The molecule has 0 amide bonds. The molecule has 0 radical (unpaired) electrons. The van der Waals surface area contributed by atoms with Gasteiger partial charge in [-0.2, -0.15) is 0 Å². The van der Waals surface area contributed by atoms with E-state index in [0.717, 1.165) is 53.1 Å². The minimum atomic E-state index is 0.340. The minimum absolute atomic E-state index is 0.340. The quantitative estimate of drug-likeness (QED) is 0.218. The summed E-state index contributed by atoms with van der Waals surface area (Å²) in [5.74, 6) is 1.64. The Morgan fingerprint density at radius 1 is 1.17 bits per heavy atom. The minimum Gasteiger partial charge on any atom is -0.498 e. The molecule has 186 valence electrons. The third-order valence-electron chi connectivity index (χ3n) is 6.35. The molecule has 0 saturated carbocycles. The lowest BCUT2D eigenvalue weighted by molar-refractivity contribution is 0.233. The van der Waals surface area contributed by atoms with Crippen LogP contribution in [0.15, 0.2) is 55.1 Å². The Kier molecular flexibility index (Phi) is 8.91. The summed E-state index contributed by atoms with van der Waals surface area (Å²) < 4.78 is 13.8. The fraction of sp³-hybridized carbons (Fsp3) is 0.400. The van der Waals surface area contributed by atoms with Crippen molar-refractivity contribution >= 4 is 16.6 Å². The number of pyridine rings is 2. The fourth-order valence-corrected chi connectivity index (χ4v) is 4.74. The summed E-state index contributed by atoms with van der Waals surface area (Å²) >= 11 is 0. The zero-order chi connectivity index (χ0) is 25.5. The second-order valence-electron chi connectivity index (χ2n) is 8.98. The van der Waals surface area contributed by atoms with Crippen LogP contribution in [0.4, 0.5) is 0 Å². The molecule has 3 heterocycles. The van der Waals surface area contributed by atoms with E-state index in [9.17, 15) is 0 Å². The van der Waals surface area contributed by atoms with Gasteiger partial charge in [0, 0.05) is 23.5 Å². The van der Waals surface area contributed by atoms with E-state index < -0.39 is 0 Å². The van der Waals surface area contributed by atoms with Crippen molar-refractivity contribution in [2.45, 2.75) is 66.8 Å². The zero-order valence-electron chi connectivity index (χ0n) is 22.3. The van der Waals surface area contributed by atoms with E-state index >= 15 is 0 Å². The van der Waals surface area contributed by atoms with E-state index in [1.807, 2.05) is 32.2 Å². The van der Waals surface area contributed by atoms with Gasteiger partial charge < -0.3 is 14.0 Å². The standard InChI is InChI=1S/C30H39N3O2/c1-9-12-13-26(22(7)35-11-3)27-17-24(15-14-23-16-25(34-8)19-31-18-23)30-29(32-27)21(6)28(10-2)33(30)20(4)5/h9,12-13,16-20H,1,10-11,14-15H2,2-8H3/b13-12-,26-22-. The molecule has 5 heteroatoms. The number of allylic oxidation sites excluding steroid dienone is 5. The third kappa shape index (κ3) is 5.67. The maximum atomic E-state index is 5.91. The van der Waals surface area contributed by atoms with Gasteiger partial charge >= 0.3 is 0 Å². The molecule has 0 saturated heterocycles. The summed E-state index contributed by atoms with van der Waals surface area (Å²) in [5.41, 5.74) is 9.23. The van der Waals surface area contributed by atoms with Crippen molar-refractivity contribution in [1.29, 1.82) is 0 Å². The van der Waals surface area contributed by atoms with Gasteiger partial charge in [-0.3, -0.25) is 4.98 Å². The SMILES string of the molecule is C=C/C=C\C(=C(/C)OCC)c1cc(CCc2cncc(OC)c2)c2c(n1)c(C)c(CC)n2C(C)C. The number of nitrogens with zero attached hydrogens (tertiary/aromatic N) is 3. The van der Waals surface area contributed by atoms with Gasteiger partial charge in [0.2, 0.25) is 0 Å². The predicted molar refractivity (Wildman–Crippen MR) is 146 cm³/mol. The summed E-state index contributed by atoms with van der Waals surface area (Å²) in [6, 6.07) is 4.64. The second-order valence-corrected chi connectivity index (χ2v) is 8.98. The first-order valence-corrected chi connectivity index (χ1v) is 12.5. The van der Waals surface area contributed by atoms with E-state index in [2.05, 4.69) is 56.0 Å². The number of aryl methyl sites for hydroxylation is 3. The summed E-state index contributed by atoms with van der Waals surface area (Å²) in [4.78, 5) is 9.55. The van der Waals surface area contributed by atoms with Crippen LogP contribution in [0, 0.1) is 6.92 Å². The summed E-state index contributed by atoms with van der Waals surface area (Å²) in [6.07, 6.45) is 12.1. The van der Waals surface area contributed by atoms with Gasteiger partial charge in [0.1, 0.15) is 11.5 Å². The van der Waals surface area contributed by atoms with Crippen molar-refractivity contribution in [3.05, 3.63) is 83.2 Å². The van der Waals surface area contributed by atoms with Crippen molar-refractivity contribution < 1.29 is 9.47 Å². The number of ether oxygens (including phenoxy) is 2. The molecule has 3 rings (SSSR count). The Balaban J connectivity index is 2.26. The molecule has 0 spiro atoms. The van der Waals surface area contributed by atoms with Crippen LogP contribution in [-0.2, 0) is 24.0 Å². The van der Waals surface area contributed by atoms with E-state index in [1.165, 1.54) is 22.3 Å². The monoisotopic (exact) mass is 473 g/mol. The predicted octanol–water partition coefficient (Wildman–Crippen LogP) is 7.19. The lowest BCUT2D eigenvalue weighted by Gasteiger charge is -2.17. The molecular weight excluding hydrogens is 434 g/mol. The van der Waals surface area contributed by atoms with Crippen LogP contribution in [0.3, 0.4) is 0 Å². The Bertz CT molecular complexity index is 1250. The largest absolute Gasteiger partial charge is 0.498 e. The molecule has 0 aromatic carbocycles. The van der Waals surface area contributed by atoms with Crippen LogP contribution >= 0.6 is 0 Å². The van der Waals surface area contributed by atoms with Gasteiger partial charge in [0.05, 0.1) is 36.6 Å². The smallest absolute Gasteiger partial charge is 0.137 e. The molecule has 5 nitrogen and oxygen atoms in total. The van der Waals surface area contributed by atoms with Crippen molar-refractivity contribution in [2.75, 3.05) is 13.7 Å². The van der Waals surface area contributed by atoms with Gasteiger partial charge in [-0.1, -0.05) is 25.7 Å². The molecule has 0 aliphatic carbocycles. The van der Waals surface area contributed by atoms with Crippen LogP contribution in [-0.4, -0.2) is 28.3 Å². The maximum Gasteiger partial charge on any atom is 0.137 e. The van der Waals surface area contributed by atoms with Crippen molar-refractivity contribution in [2.24, 2.45) is 0 Å². The number of rotatable bonds is 11. The number of methoxy groups -OCH3 is 1. The Morgan fingerprint density at radius 2 is 1.94 bits per heavy atom. The molecule has 0 fully saturated rings. The van der Waals surface area contributed by atoms with Gasteiger partial charge in [-0.05, 0) is 88.8 Å². The topological polar surface area (TPSA) is 49.2 Å². The van der Waals surface area contributed by atoms with E-state index in [0.29, 0.717) is 12.6 Å². The van der Waals surface area contributed by atoms with Gasteiger partial charge in [-0.25, -0.2) is 4.98 Å². The highest BCUT2D eigenvalue weighted by Gasteiger charge is 2.21. The molecular formula is C30H39N3O2. The Labute approximate surface area is 210 Å². The van der Waals surface area contributed by atoms with E-state index in [1.54, 1.807) is 19.4 Å². The summed E-state index contributed by atoms with van der Waals surface area (Å²) in [7, 11) is 1.68. The number of hydrogen-bond donors (Lipinski definition) is 0. The normalized spacial score (nSPS) is 12.5. The molecule has 0 atom stereocenters. The van der Waals surface area contributed by atoms with E-state index in [-0.39, 0.29) is 0 Å². The number of hydrogen-bond acceptors (Lipinski definition) is 4. The van der Waals surface area contributed by atoms with E-state index in [4.69, 9.17) is 14.5 Å². The van der Waals surface area contributed by atoms with Crippen molar-refractivity contribution in [3.63, 3.8) is 0 Å². The van der Waals surface area contributed by atoms with Crippen LogP contribution < -0.4 is 4.74 Å². The average molecular weight is 474 g/mol. The first-order valence-electron chi connectivity index (χ1n) is 12.5. The molecule has 0 bridgehead atoms. The molecule has 0 unspecified atom stereocenters. The average Bonchev–Trinajstić information content (AvgIpc) is 3.15. The first kappa shape index (κ1) is 26.3. The van der Waals surface area contributed by atoms with Crippen LogP contribution in [0.1, 0.15) is 68.7 Å². The fourth-order valence-electron chi connectivity index (χ4n) is 4.74. The molecule has 3 aromatic heterocycles. The molecule has 0 aliphatic rings. The highest BCUT2D eigenvalue weighted by molar-refractivity contribution is 5.88. The highest BCUT2D eigenvalue weighted by Crippen LogP contribution is 2.34. The molecule has 0 aliphatic heterocycles. The van der Waals surface area contributed by atoms with Crippen LogP contribution in [0.5, 0.6) is 5.75 Å². The molecule has 0 N–H and O–H groups in total. The Hall–Kier alpha value is -3.34. The zero-order valence-corrected chi connectivity index (χ0v) is 22.3. The number of aromatic nitrogens is 3. The van der Waals surface area contributed by atoms with Gasteiger partial charge in [0.15, 0.2) is 0 Å². The molecule has 35 heavy (non-hydrogen) atoms. The third-order valence-corrected chi connectivity index (χ3v) is 6.35.